The SMILES string of the molecule is CC(C)C(O)CC[C@@H](C)[C@H]1C[C@H](O)[C@@H]2[C@]1(C)CC[C@@H]1[C@@]3(C)CC[C@H](O)[C@H](O)[C@@H]3[C@H](O)C[C@]12O. The van der Waals surface area contributed by atoms with Gasteiger partial charge in [0.2, 0.25) is 0 Å². The Morgan fingerprint density at radius 1 is 0.848 bits per heavy atom. The number of fused-ring (bicyclic) bond motifs is 5. The van der Waals surface area contributed by atoms with E-state index in [1.54, 1.807) is 0 Å². The Morgan fingerprint density at radius 2 is 1.48 bits per heavy atom. The number of hydrogen-bond acceptors (Lipinski definition) is 6. The van der Waals surface area contributed by atoms with Gasteiger partial charge in [0, 0.05) is 18.3 Å². The van der Waals surface area contributed by atoms with E-state index in [4.69, 9.17) is 0 Å². The van der Waals surface area contributed by atoms with Crippen molar-refractivity contribution in [2.75, 3.05) is 0 Å². The molecule has 0 aromatic carbocycles. The van der Waals surface area contributed by atoms with Gasteiger partial charge in [-0.25, -0.2) is 0 Å². The summed E-state index contributed by atoms with van der Waals surface area (Å²) in [7, 11) is 0. The highest BCUT2D eigenvalue weighted by atomic mass is 16.3. The van der Waals surface area contributed by atoms with Crippen LogP contribution >= 0.6 is 0 Å². The van der Waals surface area contributed by atoms with E-state index in [-0.39, 0.29) is 41.6 Å². The zero-order chi connectivity index (χ0) is 24.5. The summed E-state index contributed by atoms with van der Waals surface area (Å²) in [4.78, 5) is 0. The van der Waals surface area contributed by atoms with Crippen molar-refractivity contribution >= 4 is 0 Å². The van der Waals surface area contributed by atoms with Crippen LogP contribution in [0.3, 0.4) is 0 Å². The van der Waals surface area contributed by atoms with Crippen molar-refractivity contribution < 1.29 is 30.6 Å². The molecule has 6 nitrogen and oxygen atoms in total. The van der Waals surface area contributed by atoms with E-state index in [1.807, 2.05) is 13.8 Å². The monoisotopic (exact) mass is 468 g/mol. The van der Waals surface area contributed by atoms with E-state index < -0.39 is 41.3 Å². The molecule has 0 aromatic rings. The van der Waals surface area contributed by atoms with Gasteiger partial charge in [-0.15, -0.1) is 0 Å². The first-order valence-corrected chi connectivity index (χ1v) is 13.4. The zero-order valence-electron chi connectivity index (χ0n) is 21.2. The van der Waals surface area contributed by atoms with Gasteiger partial charge in [-0.1, -0.05) is 34.6 Å². The predicted molar refractivity (Wildman–Crippen MR) is 126 cm³/mol. The molecule has 33 heavy (non-hydrogen) atoms. The summed E-state index contributed by atoms with van der Waals surface area (Å²) in [5, 5.41) is 66.2. The van der Waals surface area contributed by atoms with Crippen molar-refractivity contribution in [2.24, 2.45) is 46.3 Å². The minimum Gasteiger partial charge on any atom is -0.393 e. The first kappa shape index (κ1) is 25.8. The van der Waals surface area contributed by atoms with Gasteiger partial charge in [0.25, 0.3) is 0 Å². The number of aliphatic hydroxyl groups is 6. The average molecular weight is 469 g/mol. The standard InChI is InChI=1S/C27H48O6/c1-14(2)17(28)7-6-15(3)16-12-19(30)24-25(16,4)11-9-21-26(5)10-8-18(29)23(32)22(26)20(31)13-27(21,24)33/h14-24,28-33H,6-13H2,1-5H3/t15-,16-,17?,18+,19+,20-,21-,22+,23+,24-,25-,26-,27+/m1/s1. The summed E-state index contributed by atoms with van der Waals surface area (Å²) in [6.07, 6.45) is 1.60. The highest BCUT2D eigenvalue weighted by molar-refractivity contribution is 5.20. The lowest BCUT2D eigenvalue weighted by atomic mass is 9.41. The third-order valence-electron chi connectivity index (χ3n) is 11.2. The van der Waals surface area contributed by atoms with Gasteiger partial charge in [0.15, 0.2) is 0 Å². The Morgan fingerprint density at radius 3 is 2.12 bits per heavy atom. The maximum absolute atomic E-state index is 12.3. The molecule has 13 atom stereocenters. The van der Waals surface area contributed by atoms with Crippen LogP contribution in [-0.2, 0) is 0 Å². The van der Waals surface area contributed by atoms with Gasteiger partial charge in [0.1, 0.15) is 0 Å². The van der Waals surface area contributed by atoms with E-state index in [2.05, 4.69) is 20.8 Å². The second-order valence-electron chi connectivity index (χ2n) is 13.2. The summed E-state index contributed by atoms with van der Waals surface area (Å²) < 4.78 is 0. The van der Waals surface area contributed by atoms with Crippen LogP contribution in [-0.4, -0.2) is 66.8 Å². The second kappa shape index (κ2) is 8.70. The molecule has 1 unspecified atom stereocenters. The molecular formula is C27H48O6. The molecule has 4 aliphatic carbocycles. The molecule has 4 saturated carbocycles. The van der Waals surface area contributed by atoms with E-state index in [0.29, 0.717) is 25.2 Å². The Balaban J connectivity index is 1.61. The van der Waals surface area contributed by atoms with E-state index in [1.165, 1.54) is 0 Å². The topological polar surface area (TPSA) is 121 Å². The molecule has 0 heterocycles. The first-order chi connectivity index (χ1) is 15.3. The van der Waals surface area contributed by atoms with Gasteiger partial charge >= 0.3 is 0 Å². The van der Waals surface area contributed by atoms with Gasteiger partial charge < -0.3 is 30.6 Å². The molecule has 0 aromatic heterocycles. The highest BCUT2D eigenvalue weighted by Gasteiger charge is 2.71. The summed E-state index contributed by atoms with van der Waals surface area (Å²) in [6.45, 7) is 10.6. The van der Waals surface area contributed by atoms with Gasteiger partial charge in [-0.2, -0.15) is 0 Å². The molecule has 4 fully saturated rings. The number of aliphatic hydroxyl groups excluding tert-OH is 5. The van der Waals surface area contributed by atoms with Crippen LogP contribution in [0.25, 0.3) is 0 Å². The number of rotatable bonds is 5. The minimum absolute atomic E-state index is 0.120. The molecule has 6 N–H and O–H groups in total. The van der Waals surface area contributed by atoms with Crippen LogP contribution in [0.15, 0.2) is 0 Å². The second-order valence-corrected chi connectivity index (χ2v) is 13.2. The van der Waals surface area contributed by atoms with Crippen molar-refractivity contribution in [2.45, 2.75) is 122 Å². The fourth-order valence-corrected chi connectivity index (χ4v) is 9.48. The lowest BCUT2D eigenvalue weighted by Crippen LogP contribution is -2.70. The van der Waals surface area contributed by atoms with Gasteiger partial charge in [-0.05, 0) is 79.4 Å². The molecule has 0 bridgehead atoms. The Labute approximate surface area is 199 Å². The van der Waals surface area contributed by atoms with Crippen LogP contribution < -0.4 is 0 Å². The molecule has 192 valence electrons. The summed E-state index contributed by atoms with van der Waals surface area (Å²) in [6, 6.07) is 0. The zero-order valence-corrected chi connectivity index (χ0v) is 21.2. The molecule has 0 saturated heterocycles. The summed E-state index contributed by atoms with van der Waals surface area (Å²) >= 11 is 0. The van der Waals surface area contributed by atoms with Gasteiger partial charge in [-0.3, -0.25) is 0 Å². The van der Waals surface area contributed by atoms with Crippen molar-refractivity contribution in [1.82, 2.24) is 0 Å². The molecule has 0 radical (unpaired) electrons. The van der Waals surface area contributed by atoms with E-state index >= 15 is 0 Å². The van der Waals surface area contributed by atoms with E-state index in [9.17, 15) is 30.6 Å². The Kier molecular flexibility index (Phi) is 6.82. The summed E-state index contributed by atoms with van der Waals surface area (Å²) in [5.41, 5.74) is -1.90. The van der Waals surface area contributed by atoms with Crippen LogP contribution in [0.5, 0.6) is 0 Å². The van der Waals surface area contributed by atoms with Crippen LogP contribution in [0.4, 0.5) is 0 Å². The highest BCUT2D eigenvalue weighted by Crippen LogP contribution is 2.69. The quantitative estimate of drug-likeness (QED) is 0.369. The predicted octanol–water partition coefficient (Wildman–Crippen LogP) is 2.47. The normalized spacial score (nSPS) is 53.8. The van der Waals surface area contributed by atoms with Crippen molar-refractivity contribution in [1.29, 1.82) is 0 Å². The third-order valence-corrected chi connectivity index (χ3v) is 11.2. The smallest absolute Gasteiger partial charge is 0.0857 e. The number of hydrogen-bond donors (Lipinski definition) is 6. The van der Waals surface area contributed by atoms with Crippen molar-refractivity contribution in [3.05, 3.63) is 0 Å². The molecule has 4 aliphatic rings. The lowest BCUT2D eigenvalue weighted by molar-refractivity contribution is -0.280. The summed E-state index contributed by atoms with van der Waals surface area (Å²) in [5.74, 6) is -0.0861. The van der Waals surface area contributed by atoms with Crippen molar-refractivity contribution in [3.8, 4) is 0 Å². The Bertz CT molecular complexity index is 715. The third kappa shape index (κ3) is 3.82. The van der Waals surface area contributed by atoms with Gasteiger partial charge in [0.05, 0.1) is 36.1 Å². The molecule has 0 amide bonds. The maximum atomic E-state index is 12.3. The molecule has 6 heteroatoms. The average Bonchev–Trinajstić information content (AvgIpc) is 3.00. The molecule has 0 aliphatic heterocycles. The van der Waals surface area contributed by atoms with Crippen molar-refractivity contribution in [3.63, 3.8) is 0 Å². The minimum atomic E-state index is -1.19. The van der Waals surface area contributed by atoms with Crippen LogP contribution in [0.1, 0.15) is 86.0 Å². The lowest BCUT2D eigenvalue weighted by Gasteiger charge is -2.66. The van der Waals surface area contributed by atoms with Crippen LogP contribution in [0.2, 0.25) is 0 Å². The Hall–Kier alpha value is -0.240. The molecule has 4 rings (SSSR count). The maximum Gasteiger partial charge on any atom is 0.0857 e. The molecular weight excluding hydrogens is 420 g/mol. The fourth-order valence-electron chi connectivity index (χ4n) is 9.48. The van der Waals surface area contributed by atoms with Crippen LogP contribution in [0, 0.1) is 46.3 Å². The molecule has 0 spiro atoms. The first-order valence-electron chi connectivity index (χ1n) is 13.4. The van der Waals surface area contributed by atoms with E-state index in [0.717, 1.165) is 25.7 Å². The fraction of sp³-hybridized carbons (Fsp3) is 1.00. The largest absolute Gasteiger partial charge is 0.393 e.